The molecule has 2 heterocycles. The number of nitrogens with zero attached hydrogens (tertiary/aromatic N) is 4. The van der Waals surface area contributed by atoms with Gasteiger partial charge < -0.3 is 9.47 Å². The van der Waals surface area contributed by atoms with Gasteiger partial charge in [-0.05, 0) is 55.7 Å². The van der Waals surface area contributed by atoms with E-state index in [0.717, 1.165) is 44.1 Å². The van der Waals surface area contributed by atoms with Gasteiger partial charge in [0.15, 0.2) is 0 Å². The Morgan fingerprint density at radius 1 is 1.24 bits per heavy atom. The zero-order valence-electron chi connectivity index (χ0n) is 14.3. The SMILES string of the molecule is O=C(c1cccc(F)c1)N1CCCC(Cc2nncn2CC2CC2)C1. The number of piperidine rings is 1. The largest absolute Gasteiger partial charge is 0.338 e. The molecule has 132 valence electrons. The minimum atomic E-state index is -0.368. The first kappa shape index (κ1) is 16.2. The molecular formula is C19H23FN4O. The van der Waals surface area contributed by atoms with Crippen LogP contribution in [0.2, 0.25) is 0 Å². The Labute approximate surface area is 146 Å². The third-order valence-electron chi connectivity index (χ3n) is 5.20. The molecule has 1 aliphatic heterocycles. The molecule has 5 nitrogen and oxygen atoms in total. The number of halogens is 1. The summed E-state index contributed by atoms with van der Waals surface area (Å²) in [6, 6.07) is 5.95. The molecule has 2 fully saturated rings. The number of rotatable bonds is 5. The first-order valence-corrected chi connectivity index (χ1v) is 9.10. The quantitative estimate of drug-likeness (QED) is 0.839. The van der Waals surface area contributed by atoms with E-state index in [1.165, 1.54) is 25.0 Å². The summed E-state index contributed by atoms with van der Waals surface area (Å²) in [5.74, 6) is 1.74. The van der Waals surface area contributed by atoms with Gasteiger partial charge in [-0.15, -0.1) is 10.2 Å². The van der Waals surface area contributed by atoms with Crippen LogP contribution in [0.3, 0.4) is 0 Å². The van der Waals surface area contributed by atoms with Gasteiger partial charge >= 0.3 is 0 Å². The van der Waals surface area contributed by atoms with E-state index in [2.05, 4.69) is 14.8 Å². The molecule has 1 atom stereocenters. The molecule has 1 amide bonds. The van der Waals surface area contributed by atoms with E-state index in [0.29, 0.717) is 18.0 Å². The van der Waals surface area contributed by atoms with E-state index >= 15 is 0 Å². The molecule has 1 aromatic heterocycles. The molecule has 0 N–H and O–H groups in total. The fraction of sp³-hybridized carbons (Fsp3) is 0.526. The lowest BCUT2D eigenvalue weighted by Crippen LogP contribution is -2.40. The second-order valence-corrected chi connectivity index (χ2v) is 7.32. The maximum Gasteiger partial charge on any atom is 0.253 e. The lowest BCUT2D eigenvalue weighted by Gasteiger charge is -2.32. The van der Waals surface area contributed by atoms with Crippen LogP contribution in [0.15, 0.2) is 30.6 Å². The number of benzene rings is 1. The minimum Gasteiger partial charge on any atom is -0.338 e. The Bertz CT molecular complexity index is 755. The lowest BCUT2D eigenvalue weighted by molar-refractivity contribution is 0.0671. The van der Waals surface area contributed by atoms with Gasteiger partial charge in [0.05, 0.1) is 0 Å². The van der Waals surface area contributed by atoms with Crippen LogP contribution in [0.1, 0.15) is 41.9 Å². The van der Waals surface area contributed by atoms with Crippen molar-refractivity contribution in [2.75, 3.05) is 13.1 Å². The van der Waals surface area contributed by atoms with Crippen molar-refractivity contribution in [2.24, 2.45) is 11.8 Å². The molecule has 4 rings (SSSR count). The summed E-state index contributed by atoms with van der Waals surface area (Å²) in [4.78, 5) is 14.5. The summed E-state index contributed by atoms with van der Waals surface area (Å²) in [5.41, 5.74) is 0.428. The Hall–Kier alpha value is -2.24. The second kappa shape index (κ2) is 6.94. The Kier molecular flexibility index (Phi) is 4.51. The van der Waals surface area contributed by atoms with E-state index in [-0.39, 0.29) is 11.7 Å². The van der Waals surface area contributed by atoms with Crippen molar-refractivity contribution in [3.8, 4) is 0 Å². The molecule has 25 heavy (non-hydrogen) atoms. The zero-order chi connectivity index (χ0) is 17.2. The van der Waals surface area contributed by atoms with E-state index in [4.69, 9.17) is 0 Å². The van der Waals surface area contributed by atoms with Gasteiger partial charge in [-0.3, -0.25) is 4.79 Å². The molecule has 1 saturated carbocycles. The number of likely N-dealkylation sites (tertiary alicyclic amines) is 1. The number of hydrogen-bond donors (Lipinski definition) is 0. The Morgan fingerprint density at radius 3 is 2.92 bits per heavy atom. The van der Waals surface area contributed by atoms with Crippen LogP contribution in [-0.4, -0.2) is 38.7 Å². The fourth-order valence-corrected chi connectivity index (χ4v) is 3.65. The van der Waals surface area contributed by atoms with Gasteiger partial charge in [-0.25, -0.2) is 4.39 Å². The van der Waals surface area contributed by atoms with Crippen LogP contribution in [0.25, 0.3) is 0 Å². The predicted octanol–water partition coefficient (Wildman–Crippen LogP) is 2.92. The van der Waals surface area contributed by atoms with Gasteiger partial charge in [-0.2, -0.15) is 0 Å². The molecule has 0 bridgehead atoms. The molecule has 2 aliphatic rings. The van der Waals surface area contributed by atoms with Crippen LogP contribution in [0.4, 0.5) is 4.39 Å². The van der Waals surface area contributed by atoms with Crippen LogP contribution in [0, 0.1) is 17.7 Å². The van der Waals surface area contributed by atoms with Crippen molar-refractivity contribution in [1.29, 1.82) is 0 Å². The minimum absolute atomic E-state index is 0.0800. The monoisotopic (exact) mass is 342 g/mol. The number of carbonyl (C=O) groups is 1. The molecule has 1 unspecified atom stereocenters. The van der Waals surface area contributed by atoms with Crippen LogP contribution >= 0.6 is 0 Å². The molecule has 6 heteroatoms. The second-order valence-electron chi connectivity index (χ2n) is 7.32. The number of carbonyl (C=O) groups excluding carboxylic acids is 1. The van der Waals surface area contributed by atoms with E-state index in [1.54, 1.807) is 12.1 Å². The number of hydrogen-bond acceptors (Lipinski definition) is 3. The average Bonchev–Trinajstić information content (AvgIpc) is 3.34. The maximum absolute atomic E-state index is 13.4. The van der Waals surface area contributed by atoms with Crippen LogP contribution in [0.5, 0.6) is 0 Å². The third kappa shape index (κ3) is 3.89. The standard InChI is InChI=1S/C19H23FN4O/c20-17-5-1-4-16(10-17)19(25)23-8-2-3-15(12-23)9-18-22-21-13-24(18)11-14-6-7-14/h1,4-5,10,13-15H,2-3,6-9,11-12H2. The summed E-state index contributed by atoms with van der Waals surface area (Å²) in [7, 11) is 0. The molecule has 0 spiro atoms. The van der Waals surface area contributed by atoms with E-state index in [1.807, 2.05) is 11.2 Å². The van der Waals surface area contributed by atoms with Gasteiger partial charge in [0, 0.05) is 31.6 Å². The Morgan fingerprint density at radius 2 is 2.12 bits per heavy atom. The molecule has 1 saturated heterocycles. The van der Waals surface area contributed by atoms with Crippen LogP contribution in [-0.2, 0) is 13.0 Å². The van der Waals surface area contributed by atoms with Crippen LogP contribution < -0.4 is 0 Å². The first-order valence-electron chi connectivity index (χ1n) is 9.10. The highest BCUT2D eigenvalue weighted by molar-refractivity contribution is 5.94. The lowest BCUT2D eigenvalue weighted by atomic mass is 9.94. The smallest absolute Gasteiger partial charge is 0.253 e. The van der Waals surface area contributed by atoms with Crippen molar-refractivity contribution in [3.05, 3.63) is 47.8 Å². The highest BCUT2D eigenvalue weighted by Crippen LogP contribution is 2.31. The van der Waals surface area contributed by atoms with Crippen molar-refractivity contribution in [2.45, 2.75) is 38.6 Å². The van der Waals surface area contributed by atoms with Crippen molar-refractivity contribution in [3.63, 3.8) is 0 Å². The van der Waals surface area contributed by atoms with Gasteiger partial charge in [0.1, 0.15) is 18.0 Å². The molecule has 2 aromatic rings. The highest BCUT2D eigenvalue weighted by Gasteiger charge is 2.27. The van der Waals surface area contributed by atoms with Gasteiger partial charge in [0.2, 0.25) is 0 Å². The molecule has 1 aromatic carbocycles. The van der Waals surface area contributed by atoms with Crippen molar-refractivity contribution >= 4 is 5.91 Å². The first-order chi connectivity index (χ1) is 12.2. The molecule has 0 radical (unpaired) electrons. The summed E-state index contributed by atoms with van der Waals surface area (Å²) in [5, 5.41) is 8.36. The normalized spacial score (nSPS) is 20.7. The van der Waals surface area contributed by atoms with Gasteiger partial charge in [0.25, 0.3) is 5.91 Å². The van der Waals surface area contributed by atoms with Gasteiger partial charge in [-0.1, -0.05) is 6.07 Å². The van der Waals surface area contributed by atoms with Crippen molar-refractivity contribution in [1.82, 2.24) is 19.7 Å². The predicted molar refractivity (Wildman–Crippen MR) is 91.5 cm³/mol. The molecule has 1 aliphatic carbocycles. The van der Waals surface area contributed by atoms with E-state index < -0.39 is 0 Å². The molecular weight excluding hydrogens is 319 g/mol. The van der Waals surface area contributed by atoms with E-state index in [9.17, 15) is 9.18 Å². The highest BCUT2D eigenvalue weighted by atomic mass is 19.1. The van der Waals surface area contributed by atoms with Crippen molar-refractivity contribution < 1.29 is 9.18 Å². The third-order valence-corrected chi connectivity index (χ3v) is 5.20. The Balaban J connectivity index is 1.41. The number of amides is 1. The summed E-state index contributed by atoms with van der Waals surface area (Å²) in [6.45, 7) is 2.45. The maximum atomic E-state index is 13.4. The summed E-state index contributed by atoms with van der Waals surface area (Å²) >= 11 is 0. The summed E-state index contributed by atoms with van der Waals surface area (Å²) < 4.78 is 15.6. The average molecular weight is 342 g/mol. The number of aromatic nitrogens is 3. The fourth-order valence-electron chi connectivity index (χ4n) is 3.65. The zero-order valence-corrected chi connectivity index (χ0v) is 14.3. The summed E-state index contributed by atoms with van der Waals surface area (Å²) in [6.07, 6.45) is 7.34. The topological polar surface area (TPSA) is 51.0 Å².